The molecule has 4 N–H and O–H groups in total. The SMILES string of the molecule is Cc1ccnc(N(CCO)C(C)C)c1C(=N)N. The molecule has 0 unspecified atom stereocenters. The summed E-state index contributed by atoms with van der Waals surface area (Å²) >= 11 is 0. The van der Waals surface area contributed by atoms with E-state index in [2.05, 4.69) is 4.98 Å². The lowest BCUT2D eigenvalue weighted by Crippen LogP contribution is -2.36. The molecule has 5 nitrogen and oxygen atoms in total. The van der Waals surface area contributed by atoms with Crippen molar-refractivity contribution >= 4 is 11.7 Å². The molecular weight excluding hydrogens is 216 g/mol. The molecule has 94 valence electrons. The fourth-order valence-corrected chi connectivity index (χ4v) is 1.81. The largest absolute Gasteiger partial charge is 0.395 e. The summed E-state index contributed by atoms with van der Waals surface area (Å²) in [5.74, 6) is 0.677. The number of nitrogen functional groups attached to an aromatic ring is 1. The average molecular weight is 236 g/mol. The zero-order chi connectivity index (χ0) is 13.0. The fraction of sp³-hybridized carbons (Fsp3) is 0.500. The molecule has 17 heavy (non-hydrogen) atoms. The number of rotatable bonds is 5. The van der Waals surface area contributed by atoms with Gasteiger partial charge in [0.1, 0.15) is 11.7 Å². The van der Waals surface area contributed by atoms with Crippen molar-refractivity contribution in [3.8, 4) is 0 Å². The lowest BCUT2D eigenvalue weighted by Gasteiger charge is -2.29. The molecule has 0 atom stereocenters. The Balaban J connectivity index is 3.27. The monoisotopic (exact) mass is 236 g/mol. The Hall–Kier alpha value is -1.62. The van der Waals surface area contributed by atoms with Crippen LogP contribution in [0.15, 0.2) is 12.3 Å². The van der Waals surface area contributed by atoms with Crippen LogP contribution in [-0.2, 0) is 0 Å². The first-order valence-electron chi connectivity index (χ1n) is 5.66. The van der Waals surface area contributed by atoms with E-state index in [1.165, 1.54) is 0 Å². The van der Waals surface area contributed by atoms with E-state index in [9.17, 15) is 0 Å². The van der Waals surface area contributed by atoms with E-state index >= 15 is 0 Å². The quantitative estimate of drug-likeness (QED) is 0.523. The Morgan fingerprint density at radius 2 is 2.24 bits per heavy atom. The molecule has 0 spiro atoms. The van der Waals surface area contributed by atoms with Crippen molar-refractivity contribution in [3.63, 3.8) is 0 Å². The van der Waals surface area contributed by atoms with Gasteiger partial charge in [0.2, 0.25) is 0 Å². The van der Waals surface area contributed by atoms with Crippen LogP contribution in [0.25, 0.3) is 0 Å². The first-order chi connectivity index (χ1) is 7.99. The summed E-state index contributed by atoms with van der Waals surface area (Å²) < 4.78 is 0. The van der Waals surface area contributed by atoms with E-state index in [0.29, 0.717) is 17.9 Å². The molecule has 0 amide bonds. The molecule has 0 saturated heterocycles. The van der Waals surface area contributed by atoms with Gasteiger partial charge in [0.15, 0.2) is 0 Å². The highest BCUT2D eigenvalue weighted by Gasteiger charge is 2.18. The fourth-order valence-electron chi connectivity index (χ4n) is 1.81. The number of aliphatic hydroxyl groups is 1. The molecule has 1 aromatic heterocycles. The number of nitrogens with two attached hydrogens (primary N) is 1. The third-order valence-corrected chi connectivity index (χ3v) is 2.64. The van der Waals surface area contributed by atoms with Gasteiger partial charge in [-0.1, -0.05) is 0 Å². The molecule has 0 aliphatic heterocycles. The summed E-state index contributed by atoms with van der Waals surface area (Å²) in [5, 5.41) is 16.7. The van der Waals surface area contributed by atoms with Gasteiger partial charge in [-0.3, -0.25) is 5.41 Å². The molecule has 0 radical (unpaired) electrons. The lowest BCUT2D eigenvalue weighted by atomic mass is 10.1. The molecule has 1 aromatic rings. The number of hydrogen-bond donors (Lipinski definition) is 3. The predicted octanol–water partition coefficient (Wildman–Crippen LogP) is 0.881. The Morgan fingerprint density at radius 3 is 2.71 bits per heavy atom. The van der Waals surface area contributed by atoms with Gasteiger partial charge in [-0.15, -0.1) is 0 Å². The van der Waals surface area contributed by atoms with Crippen molar-refractivity contribution in [1.29, 1.82) is 5.41 Å². The van der Waals surface area contributed by atoms with Crippen LogP contribution in [0, 0.1) is 12.3 Å². The highest BCUT2D eigenvalue weighted by molar-refractivity contribution is 6.01. The zero-order valence-electron chi connectivity index (χ0n) is 10.6. The molecule has 0 aliphatic rings. The van der Waals surface area contributed by atoms with Gasteiger partial charge in [0, 0.05) is 18.8 Å². The second-order valence-electron chi connectivity index (χ2n) is 4.25. The summed E-state index contributed by atoms with van der Waals surface area (Å²) in [6, 6.07) is 2.02. The molecule has 0 fully saturated rings. The van der Waals surface area contributed by atoms with Crippen LogP contribution in [0.5, 0.6) is 0 Å². The second kappa shape index (κ2) is 5.63. The van der Waals surface area contributed by atoms with Crippen molar-refractivity contribution in [2.75, 3.05) is 18.1 Å². The Labute approximate surface area is 102 Å². The molecule has 0 aromatic carbocycles. The minimum absolute atomic E-state index is 0.00851. The Morgan fingerprint density at radius 1 is 1.59 bits per heavy atom. The molecule has 0 saturated carbocycles. The topological polar surface area (TPSA) is 86.2 Å². The Bertz CT molecular complexity index is 403. The van der Waals surface area contributed by atoms with Crippen molar-refractivity contribution in [1.82, 2.24) is 4.98 Å². The standard InChI is InChI=1S/C12H20N4O/c1-8(2)16(6-7-17)12-10(11(13)14)9(3)4-5-15-12/h4-5,8,17H,6-7H2,1-3H3,(H3,13,14). The van der Waals surface area contributed by atoms with Crippen molar-refractivity contribution < 1.29 is 5.11 Å². The van der Waals surface area contributed by atoms with Crippen LogP contribution >= 0.6 is 0 Å². The third kappa shape index (κ3) is 2.94. The maximum Gasteiger partial charge on any atom is 0.140 e. The number of aryl methyl sites for hydroxylation is 1. The molecule has 1 rings (SSSR count). The van der Waals surface area contributed by atoms with Gasteiger partial charge < -0.3 is 15.7 Å². The van der Waals surface area contributed by atoms with Gasteiger partial charge >= 0.3 is 0 Å². The van der Waals surface area contributed by atoms with E-state index in [0.717, 1.165) is 5.56 Å². The predicted molar refractivity (Wildman–Crippen MR) is 69.6 cm³/mol. The minimum Gasteiger partial charge on any atom is -0.395 e. The van der Waals surface area contributed by atoms with E-state index in [1.54, 1.807) is 6.20 Å². The molecule has 5 heteroatoms. The van der Waals surface area contributed by atoms with E-state index in [4.69, 9.17) is 16.2 Å². The third-order valence-electron chi connectivity index (χ3n) is 2.64. The van der Waals surface area contributed by atoms with Crippen molar-refractivity contribution in [3.05, 3.63) is 23.4 Å². The highest BCUT2D eigenvalue weighted by Crippen LogP contribution is 2.22. The van der Waals surface area contributed by atoms with E-state index in [-0.39, 0.29) is 18.5 Å². The first kappa shape index (κ1) is 13.4. The summed E-state index contributed by atoms with van der Waals surface area (Å²) in [6.45, 7) is 6.46. The summed E-state index contributed by atoms with van der Waals surface area (Å²) in [4.78, 5) is 6.24. The van der Waals surface area contributed by atoms with Gasteiger partial charge in [-0.05, 0) is 32.4 Å². The highest BCUT2D eigenvalue weighted by atomic mass is 16.3. The maximum atomic E-state index is 9.09. The first-order valence-corrected chi connectivity index (χ1v) is 5.66. The molecule has 0 bridgehead atoms. The van der Waals surface area contributed by atoms with Crippen LogP contribution in [0.2, 0.25) is 0 Å². The molecule has 1 heterocycles. The maximum absolute atomic E-state index is 9.09. The summed E-state index contributed by atoms with van der Waals surface area (Å²) in [6.07, 6.45) is 1.70. The number of anilines is 1. The van der Waals surface area contributed by atoms with Crippen LogP contribution < -0.4 is 10.6 Å². The van der Waals surface area contributed by atoms with Crippen LogP contribution in [-0.4, -0.2) is 35.1 Å². The number of aromatic nitrogens is 1. The molecule has 0 aliphatic carbocycles. The number of aliphatic hydroxyl groups excluding tert-OH is 1. The number of pyridine rings is 1. The second-order valence-corrected chi connectivity index (χ2v) is 4.25. The molecular formula is C12H20N4O. The number of amidine groups is 1. The van der Waals surface area contributed by atoms with Gasteiger partial charge in [-0.2, -0.15) is 0 Å². The summed E-state index contributed by atoms with van der Waals surface area (Å²) in [7, 11) is 0. The van der Waals surface area contributed by atoms with Crippen molar-refractivity contribution in [2.24, 2.45) is 5.73 Å². The van der Waals surface area contributed by atoms with Gasteiger partial charge in [-0.25, -0.2) is 4.98 Å². The van der Waals surface area contributed by atoms with Crippen molar-refractivity contribution in [2.45, 2.75) is 26.8 Å². The zero-order valence-corrected chi connectivity index (χ0v) is 10.6. The normalized spacial score (nSPS) is 10.6. The number of nitrogens with zero attached hydrogens (tertiary/aromatic N) is 2. The number of nitrogens with one attached hydrogen (secondary N) is 1. The smallest absolute Gasteiger partial charge is 0.140 e. The van der Waals surface area contributed by atoms with Crippen LogP contribution in [0.1, 0.15) is 25.0 Å². The average Bonchev–Trinajstić information content (AvgIpc) is 2.24. The van der Waals surface area contributed by atoms with E-state index < -0.39 is 0 Å². The Kier molecular flexibility index (Phi) is 4.45. The van der Waals surface area contributed by atoms with Crippen LogP contribution in [0.4, 0.5) is 5.82 Å². The van der Waals surface area contributed by atoms with Gasteiger partial charge in [0.25, 0.3) is 0 Å². The summed E-state index contributed by atoms with van der Waals surface area (Å²) in [5.41, 5.74) is 7.17. The van der Waals surface area contributed by atoms with Gasteiger partial charge in [0.05, 0.1) is 12.2 Å². The number of hydrogen-bond acceptors (Lipinski definition) is 4. The van der Waals surface area contributed by atoms with E-state index in [1.807, 2.05) is 31.7 Å². The minimum atomic E-state index is 0.00851. The lowest BCUT2D eigenvalue weighted by molar-refractivity contribution is 0.298. The van der Waals surface area contributed by atoms with Crippen LogP contribution in [0.3, 0.4) is 0 Å².